The summed E-state index contributed by atoms with van der Waals surface area (Å²) in [6, 6.07) is 11.2. The van der Waals surface area contributed by atoms with E-state index in [1.807, 2.05) is 0 Å². The summed E-state index contributed by atoms with van der Waals surface area (Å²) in [5, 5.41) is 31.0. The van der Waals surface area contributed by atoms with E-state index in [9.17, 15) is 27.8 Å². The first-order valence-electron chi connectivity index (χ1n) is 11.0. The van der Waals surface area contributed by atoms with Crippen molar-refractivity contribution in [2.24, 2.45) is 0 Å². The van der Waals surface area contributed by atoms with Gasteiger partial charge in [-0.3, -0.25) is 0 Å². The number of hydrogen-bond acceptors (Lipinski definition) is 7. The zero-order chi connectivity index (χ0) is 26.7. The van der Waals surface area contributed by atoms with E-state index in [0.717, 1.165) is 27.1 Å². The largest absolute Gasteiger partial charge is 0.497 e. The second-order valence-electron chi connectivity index (χ2n) is 8.10. The maximum atomic E-state index is 14.3. The number of rotatable bonds is 9. The molecule has 2 aromatic carbocycles. The number of halogens is 4. The molecule has 0 spiro atoms. The third-order valence-electron chi connectivity index (χ3n) is 5.60. The van der Waals surface area contributed by atoms with Gasteiger partial charge < -0.3 is 19.7 Å². The predicted octanol–water partition coefficient (Wildman–Crippen LogP) is 3.94. The van der Waals surface area contributed by atoms with Crippen LogP contribution in [-0.4, -0.2) is 42.1 Å². The van der Waals surface area contributed by atoms with Crippen molar-refractivity contribution in [3.05, 3.63) is 88.8 Å². The number of aliphatic hydroxyl groups excluding tert-OH is 2. The Morgan fingerprint density at radius 2 is 1.81 bits per heavy atom. The van der Waals surface area contributed by atoms with Crippen molar-refractivity contribution in [3.8, 4) is 11.4 Å². The number of alkyl halides is 3. The van der Waals surface area contributed by atoms with E-state index in [4.69, 9.17) is 9.47 Å². The fourth-order valence-electron chi connectivity index (χ4n) is 3.66. The summed E-state index contributed by atoms with van der Waals surface area (Å²) in [6.07, 6.45) is -6.09. The lowest BCUT2D eigenvalue weighted by atomic mass is 10.1. The SMILES string of the molecule is COc1ccc(CO[C@H](C)c2cc(F)ccc2-n2nc(C(F)(F)F)cc2C(O)c2cn(CO)nn2)cc1. The summed E-state index contributed by atoms with van der Waals surface area (Å²) in [7, 11) is 1.54. The van der Waals surface area contributed by atoms with Crippen LogP contribution in [0.2, 0.25) is 0 Å². The Hall–Kier alpha value is -3.81. The first-order chi connectivity index (χ1) is 17.6. The number of nitrogens with zero attached hydrogens (tertiary/aromatic N) is 5. The van der Waals surface area contributed by atoms with E-state index in [1.165, 1.54) is 12.3 Å². The number of aliphatic hydroxyl groups is 2. The van der Waals surface area contributed by atoms with E-state index < -0.39 is 36.6 Å². The van der Waals surface area contributed by atoms with Crippen LogP contribution in [0.4, 0.5) is 17.6 Å². The van der Waals surface area contributed by atoms with Gasteiger partial charge in [0.1, 0.15) is 30.1 Å². The van der Waals surface area contributed by atoms with Gasteiger partial charge in [-0.2, -0.15) is 18.3 Å². The minimum absolute atomic E-state index is 0.0720. The van der Waals surface area contributed by atoms with Crippen molar-refractivity contribution >= 4 is 0 Å². The molecule has 0 amide bonds. The summed E-state index contributed by atoms with van der Waals surface area (Å²) >= 11 is 0. The Balaban J connectivity index is 1.72. The molecular weight excluding hydrogens is 498 g/mol. The lowest BCUT2D eigenvalue weighted by Crippen LogP contribution is -2.14. The molecule has 0 aliphatic heterocycles. The highest BCUT2D eigenvalue weighted by Gasteiger charge is 2.37. The quantitative estimate of drug-likeness (QED) is 0.321. The highest BCUT2D eigenvalue weighted by atomic mass is 19.4. The molecule has 2 atom stereocenters. The Kier molecular flexibility index (Phi) is 7.57. The number of methoxy groups -OCH3 is 1. The van der Waals surface area contributed by atoms with Crippen molar-refractivity contribution in [2.75, 3.05) is 7.11 Å². The molecule has 0 bridgehead atoms. The van der Waals surface area contributed by atoms with Gasteiger partial charge in [0.25, 0.3) is 0 Å². The van der Waals surface area contributed by atoms with Gasteiger partial charge in [-0.25, -0.2) is 13.8 Å². The van der Waals surface area contributed by atoms with Gasteiger partial charge in [0.15, 0.2) is 5.69 Å². The van der Waals surface area contributed by atoms with Crippen LogP contribution in [0.1, 0.15) is 47.3 Å². The second-order valence-corrected chi connectivity index (χ2v) is 8.10. The van der Waals surface area contributed by atoms with Crippen molar-refractivity contribution in [1.82, 2.24) is 24.8 Å². The first-order valence-corrected chi connectivity index (χ1v) is 11.0. The van der Waals surface area contributed by atoms with E-state index in [-0.39, 0.29) is 29.2 Å². The minimum Gasteiger partial charge on any atom is -0.497 e. The molecular formula is C24H23F4N5O4. The molecule has 9 nitrogen and oxygen atoms in total. The molecule has 13 heteroatoms. The molecule has 1 unspecified atom stereocenters. The molecule has 4 rings (SSSR count). The Bertz CT molecular complexity index is 1350. The predicted molar refractivity (Wildman–Crippen MR) is 121 cm³/mol. The number of benzene rings is 2. The molecule has 196 valence electrons. The molecule has 2 heterocycles. The smallest absolute Gasteiger partial charge is 0.435 e. The maximum absolute atomic E-state index is 14.3. The maximum Gasteiger partial charge on any atom is 0.435 e. The van der Waals surface area contributed by atoms with Crippen LogP contribution in [0.25, 0.3) is 5.69 Å². The van der Waals surface area contributed by atoms with Crippen LogP contribution in [0.3, 0.4) is 0 Å². The summed E-state index contributed by atoms with van der Waals surface area (Å²) in [4.78, 5) is 0. The molecule has 0 saturated heterocycles. The third kappa shape index (κ3) is 5.79. The molecule has 0 saturated carbocycles. The molecule has 0 aliphatic rings. The van der Waals surface area contributed by atoms with E-state index in [0.29, 0.717) is 11.8 Å². The number of hydrogen-bond donors (Lipinski definition) is 2. The van der Waals surface area contributed by atoms with Crippen LogP contribution in [0, 0.1) is 5.82 Å². The zero-order valence-corrected chi connectivity index (χ0v) is 19.7. The van der Waals surface area contributed by atoms with Gasteiger partial charge in [-0.05, 0) is 48.9 Å². The average Bonchev–Trinajstić information content (AvgIpc) is 3.55. The van der Waals surface area contributed by atoms with Gasteiger partial charge in [-0.1, -0.05) is 17.3 Å². The molecule has 0 fully saturated rings. The fourth-order valence-corrected chi connectivity index (χ4v) is 3.66. The van der Waals surface area contributed by atoms with Crippen LogP contribution in [-0.2, 0) is 24.3 Å². The topological polar surface area (TPSA) is 107 Å². The first kappa shape index (κ1) is 26.3. The lowest BCUT2D eigenvalue weighted by molar-refractivity contribution is -0.141. The van der Waals surface area contributed by atoms with Crippen LogP contribution < -0.4 is 4.74 Å². The highest BCUT2D eigenvalue weighted by Crippen LogP contribution is 2.35. The van der Waals surface area contributed by atoms with Crippen LogP contribution in [0.5, 0.6) is 5.75 Å². The van der Waals surface area contributed by atoms with Crippen molar-refractivity contribution in [2.45, 2.75) is 38.6 Å². The third-order valence-corrected chi connectivity index (χ3v) is 5.60. The van der Waals surface area contributed by atoms with E-state index >= 15 is 0 Å². The zero-order valence-electron chi connectivity index (χ0n) is 19.7. The molecule has 4 aromatic rings. The van der Waals surface area contributed by atoms with Crippen LogP contribution >= 0.6 is 0 Å². The summed E-state index contributed by atoms with van der Waals surface area (Å²) in [5.41, 5.74) is -0.588. The van der Waals surface area contributed by atoms with Crippen molar-refractivity contribution < 1.29 is 37.2 Å². The minimum atomic E-state index is -4.82. The number of ether oxygens (including phenoxy) is 2. The van der Waals surface area contributed by atoms with E-state index in [2.05, 4.69) is 15.4 Å². The molecule has 2 N–H and O–H groups in total. The van der Waals surface area contributed by atoms with Gasteiger partial charge in [-0.15, -0.1) is 5.10 Å². The molecule has 0 radical (unpaired) electrons. The van der Waals surface area contributed by atoms with Crippen LogP contribution in [0.15, 0.2) is 54.7 Å². The molecule has 37 heavy (non-hydrogen) atoms. The van der Waals surface area contributed by atoms with Gasteiger partial charge in [0, 0.05) is 5.56 Å². The van der Waals surface area contributed by atoms with Gasteiger partial charge in [0.2, 0.25) is 0 Å². The van der Waals surface area contributed by atoms with Gasteiger partial charge in [0.05, 0.1) is 37.4 Å². The second kappa shape index (κ2) is 10.7. The standard InChI is InChI=1S/C24H23F4N5O4/c1-14(37-12-15-3-6-17(36-2)7-4-15)18-9-16(25)5-8-20(18)33-21(10-22(30-33)24(26,27)28)23(35)19-11-32(13-34)31-29-19/h3-11,14,23,34-35H,12-13H2,1-2H3/t14-,23?/m1/s1. The summed E-state index contributed by atoms with van der Waals surface area (Å²) < 4.78 is 67.9. The normalized spacial score (nSPS) is 13.5. The van der Waals surface area contributed by atoms with Crippen molar-refractivity contribution in [1.29, 1.82) is 0 Å². The summed E-state index contributed by atoms with van der Waals surface area (Å²) in [6.45, 7) is 1.21. The average molecular weight is 521 g/mol. The van der Waals surface area contributed by atoms with Gasteiger partial charge >= 0.3 is 6.18 Å². The monoisotopic (exact) mass is 521 g/mol. The molecule has 0 aliphatic carbocycles. The Morgan fingerprint density at radius 1 is 1.08 bits per heavy atom. The van der Waals surface area contributed by atoms with E-state index in [1.54, 1.807) is 38.3 Å². The highest BCUT2D eigenvalue weighted by molar-refractivity contribution is 5.45. The number of aromatic nitrogens is 5. The fraction of sp³-hybridized carbons (Fsp3) is 0.292. The molecule has 2 aromatic heterocycles. The van der Waals surface area contributed by atoms with Crippen molar-refractivity contribution in [3.63, 3.8) is 0 Å². The Labute approximate surface area is 208 Å². The lowest BCUT2D eigenvalue weighted by Gasteiger charge is -2.20. The Morgan fingerprint density at radius 3 is 2.43 bits per heavy atom. The summed E-state index contributed by atoms with van der Waals surface area (Å²) in [5.74, 6) is 0.0308.